The second kappa shape index (κ2) is 3.89. The number of carbonyl (C=O) groups excluding carboxylic acids is 1. The lowest BCUT2D eigenvalue weighted by molar-refractivity contribution is -0.126. The van der Waals surface area contributed by atoms with Crippen LogP contribution in [0.5, 0.6) is 0 Å². The number of hydrogen-bond acceptors (Lipinski definition) is 2. The summed E-state index contributed by atoms with van der Waals surface area (Å²) in [6.07, 6.45) is 5.02. The molecule has 0 aliphatic heterocycles. The summed E-state index contributed by atoms with van der Waals surface area (Å²) in [5.41, 5.74) is 5.60. The van der Waals surface area contributed by atoms with Gasteiger partial charge in [0.25, 0.3) is 0 Å². The molecule has 2 fully saturated rings. The van der Waals surface area contributed by atoms with Crippen molar-refractivity contribution in [2.75, 3.05) is 6.54 Å². The van der Waals surface area contributed by atoms with Crippen LogP contribution in [0, 0.1) is 17.8 Å². The molecule has 2 rings (SSSR count). The largest absolute Gasteiger partial charge is 0.354 e. The van der Waals surface area contributed by atoms with Crippen molar-refractivity contribution in [1.29, 1.82) is 0 Å². The third-order valence-corrected chi connectivity index (χ3v) is 3.67. The predicted molar refractivity (Wildman–Crippen MR) is 55.6 cm³/mol. The normalized spacial score (nSPS) is 37.1. The van der Waals surface area contributed by atoms with E-state index in [0.29, 0.717) is 18.4 Å². The van der Waals surface area contributed by atoms with Crippen LogP contribution in [0.3, 0.4) is 0 Å². The molecule has 0 saturated heterocycles. The molecule has 0 aromatic rings. The fourth-order valence-corrected chi connectivity index (χ4v) is 2.96. The van der Waals surface area contributed by atoms with Crippen LogP contribution in [0.1, 0.15) is 32.6 Å². The molecule has 4 atom stereocenters. The summed E-state index contributed by atoms with van der Waals surface area (Å²) in [6.45, 7) is 2.54. The summed E-state index contributed by atoms with van der Waals surface area (Å²) < 4.78 is 0. The third-order valence-electron chi connectivity index (χ3n) is 3.67. The molecule has 3 heteroatoms. The van der Waals surface area contributed by atoms with Crippen LogP contribution >= 0.6 is 0 Å². The van der Waals surface area contributed by atoms with Crippen molar-refractivity contribution in [1.82, 2.24) is 5.32 Å². The van der Waals surface area contributed by atoms with Crippen LogP contribution in [0.25, 0.3) is 0 Å². The minimum Gasteiger partial charge on any atom is -0.354 e. The zero-order chi connectivity index (χ0) is 10.1. The van der Waals surface area contributed by atoms with Crippen molar-refractivity contribution >= 4 is 5.91 Å². The van der Waals surface area contributed by atoms with Gasteiger partial charge in [-0.15, -0.1) is 0 Å². The summed E-state index contributed by atoms with van der Waals surface area (Å²) in [7, 11) is 0. The van der Waals surface area contributed by atoms with E-state index in [-0.39, 0.29) is 11.9 Å². The Hall–Kier alpha value is -0.570. The number of nitrogens with two attached hydrogens (primary N) is 1. The highest BCUT2D eigenvalue weighted by Gasteiger charge is 2.42. The van der Waals surface area contributed by atoms with E-state index in [4.69, 9.17) is 5.73 Å². The molecule has 3 nitrogen and oxygen atoms in total. The molecule has 14 heavy (non-hydrogen) atoms. The topological polar surface area (TPSA) is 55.1 Å². The highest BCUT2D eigenvalue weighted by Crippen LogP contribution is 2.48. The number of carbonyl (C=O) groups is 1. The van der Waals surface area contributed by atoms with Gasteiger partial charge in [0.1, 0.15) is 0 Å². The Kier molecular flexibility index (Phi) is 2.77. The van der Waals surface area contributed by atoms with Gasteiger partial charge >= 0.3 is 0 Å². The van der Waals surface area contributed by atoms with Crippen molar-refractivity contribution in [3.63, 3.8) is 0 Å². The number of hydrogen-bond donors (Lipinski definition) is 2. The smallest absolute Gasteiger partial charge is 0.223 e. The van der Waals surface area contributed by atoms with E-state index in [9.17, 15) is 4.79 Å². The molecule has 0 aromatic carbocycles. The first-order valence-corrected chi connectivity index (χ1v) is 5.70. The first-order valence-electron chi connectivity index (χ1n) is 5.70. The van der Waals surface area contributed by atoms with Crippen LogP contribution in [0.2, 0.25) is 0 Å². The molecule has 0 heterocycles. The minimum atomic E-state index is 0.0672. The molecule has 3 N–H and O–H groups in total. The van der Waals surface area contributed by atoms with Gasteiger partial charge in [0, 0.05) is 18.5 Å². The predicted octanol–water partition coefficient (Wildman–Crippen LogP) is 0.886. The molecule has 2 aliphatic rings. The summed E-state index contributed by atoms with van der Waals surface area (Å²) in [6, 6.07) is 0.0672. The zero-order valence-electron chi connectivity index (χ0n) is 8.83. The van der Waals surface area contributed by atoms with Crippen molar-refractivity contribution < 1.29 is 4.79 Å². The Bertz CT molecular complexity index is 227. The molecular formula is C11H20N2O. The minimum absolute atomic E-state index is 0.0672. The summed E-state index contributed by atoms with van der Waals surface area (Å²) in [5.74, 6) is 2.06. The van der Waals surface area contributed by atoms with E-state index >= 15 is 0 Å². The Morgan fingerprint density at radius 3 is 2.79 bits per heavy atom. The maximum Gasteiger partial charge on any atom is 0.223 e. The van der Waals surface area contributed by atoms with E-state index in [2.05, 4.69) is 5.32 Å². The average Bonchev–Trinajstić information content (AvgIpc) is 2.74. The number of amides is 1. The summed E-state index contributed by atoms with van der Waals surface area (Å²) in [5, 5.41) is 2.94. The lowest BCUT2D eigenvalue weighted by Crippen LogP contribution is -2.39. The van der Waals surface area contributed by atoms with Crippen LogP contribution in [-0.4, -0.2) is 18.5 Å². The fourth-order valence-electron chi connectivity index (χ4n) is 2.96. The van der Waals surface area contributed by atoms with Gasteiger partial charge in [0.05, 0.1) is 0 Å². The second-order valence-electron chi connectivity index (χ2n) is 5.00. The first-order chi connectivity index (χ1) is 6.66. The van der Waals surface area contributed by atoms with Crippen LogP contribution in [0.4, 0.5) is 0 Å². The van der Waals surface area contributed by atoms with Gasteiger partial charge in [-0.2, -0.15) is 0 Å². The molecule has 4 unspecified atom stereocenters. The number of fused-ring (bicyclic) bond motifs is 2. The lowest BCUT2D eigenvalue weighted by Gasteiger charge is -2.21. The van der Waals surface area contributed by atoms with E-state index in [1.54, 1.807) is 0 Å². The average molecular weight is 196 g/mol. The van der Waals surface area contributed by atoms with Gasteiger partial charge in [-0.1, -0.05) is 6.42 Å². The molecule has 0 aromatic heterocycles. The molecule has 2 saturated carbocycles. The molecule has 80 valence electrons. The Labute approximate surface area is 85.4 Å². The maximum absolute atomic E-state index is 11.8. The van der Waals surface area contributed by atoms with Gasteiger partial charge < -0.3 is 11.1 Å². The summed E-state index contributed by atoms with van der Waals surface area (Å²) in [4.78, 5) is 11.8. The standard InChI is InChI=1S/C11H20N2O/c1-7(12)6-13-11(14)10-5-8-2-3-9(10)4-8/h7-10H,2-6,12H2,1H3,(H,13,14). The SMILES string of the molecule is CC(N)CNC(=O)C1CC2CCC1C2. The van der Waals surface area contributed by atoms with E-state index in [1.807, 2.05) is 6.92 Å². The van der Waals surface area contributed by atoms with E-state index < -0.39 is 0 Å². The third kappa shape index (κ3) is 1.92. The lowest BCUT2D eigenvalue weighted by atomic mass is 9.88. The first kappa shape index (κ1) is 9.97. The van der Waals surface area contributed by atoms with E-state index in [0.717, 1.165) is 12.3 Å². The molecule has 2 aliphatic carbocycles. The summed E-state index contributed by atoms with van der Waals surface area (Å²) >= 11 is 0. The van der Waals surface area contributed by atoms with Crippen molar-refractivity contribution in [2.24, 2.45) is 23.5 Å². The Morgan fingerprint density at radius 1 is 1.50 bits per heavy atom. The highest BCUT2D eigenvalue weighted by atomic mass is 16.1. The van der Waals surface area contributed by atoms with Gasteiger partial charge in [-0.25, -0.2) is 0 Å². The highest BCUT2D eigenvalue weighted by molar-refractivity contribution is 5.79. The van der Waals surface area contributed by atoms with Crippen LogP contribution in [-0.2, 0) is 4.79 Å². The van der Waals surface area contributed by atoms with Crippen molar-refractivity contribution in [3.8, 4) is 0 Å². The van der Waals surface area contributed by atoms with Gasteiger partial charge in [-0.3, -0.25) is 4.79 Å². The monoisotopic (exact) mass is 196 g/mol. The quantitative estimate of drug-likeness (QED) is 0.704. The second-order valence-corrected chi connectivity index (χ2v) is 5.00. The molecule has 2 bridgehead atoms. The molecular weight excluding hydrogens is 176 g/mol. The Morgan fingerprint density at radius 2 is 2.29 bits per heavy atom. The van der Waals surface area contributed by atoms with E-state index in [1.165, 1.54) is 19.3 Å². The van der Waals surface area contributed by atoms with Crippen molar-refractivity contribution in [2.45, 2.75) is 38.6 Å². The fraction of sp³-hybridized carbons (Fsp3) is 0.909. The molecule has 0 radical (unpaired) electrons. The number of rotatable bonds is 3. The van der Waals surface area contributed by atoms with Crippen molar-refractivity contribution in [3.05, 3.63) is 0 Å². The molecule has 1 amide bonds. The molecule has 0 spiro atoms. The van der Waals surface area contributed by atoms with Gasteiger partial charge in [0.2, 0.25) is 5.91 Å². The van der Waals surface area contributed by atoms with Gasteiger partial charge in [0.15, 0.2) is 0 Å². The van der Waals surface area contributed by atoms with Crippen LogP contribution in [0.15, 0.2) is 0 Å². The van der Waals surface area contributed by atoms with Gasteiger partial charge in [-0.05, 0) is 38.0 Å². The number of nitrogens with one attached hydrogen (secondary N) is 1. The van der Waals surface area contributed by atoms with Crippen LogP contribution < -0.4 is 11.1 Å². The maximum atomic E-state index is 11.8. The Balaban J connectivity index is 1.81. The zero-order valence-corrected chi connectivity index (χ0v) is 8.83.